The number of rotatable bonds is 3. The number of amides is 1. The van der Waals surface area contributed by atoms with Crippen LogP contribution in [0, 0.1) is 29.0 Å². The standard InChI is InChI=1S/C25H26FN3O/c1-2-3-14-4-7-18-24(14)19-11-15-6-9-23(30)28-21(15)12-22(19)29-25(18)16-5-8-20(26)17(10-16)13-27/h5,8,10-12,14,18,24-25,29H,2-4,6-7,9H2,1H3,(H,28,30)/t14?,18-,24+,25+/m1/s1. The van der Waals surface area contributed by atoms with E-state index in [9.17, 15) is 14.4 Å². The molecule has 0 saturated heterocycles. The Morgan fingerprint density at radius 3 is 2.83 bits per heavy atom. The van der Waals surface area contributed by atoms with Gasteiger partial charge in [-0.3, -0.25) is 4.79 Å². The number of carbonyl (C=O) groups excluding carboxylic acids is 1. The lowest BCUT2D eigenvalue weighted by atomic mass is 9.72. The fraction of sp³-hybridized carbons (Fsp3) is 0.440. The molecule has 4 atom stereocenters. The van der Waals surface area contributed by atoms with Crippen LogP contribution in [0.1, 0.15) is 73.2 Å². The van der Waals surface area contributed by atoms with Crippen LogP contribution in [-0.2, 0) is 11.2 Å². The third kappa shape index (κ3) is 3.06. The van der Waals surface area contributed by atoms with Gasteiger partial charge in [0.05, 0.1) is 11.6 Å². The lowest BCUT2D eigenvalue weighted by Crippen LogP contribution is -2.31. The fourth-order valence-electron chi connectivity index (χ4n) is 5.94. The summed E-state index contributed by atoms with van der Waals surface area (Å²) in [6, 6.07) is 11.3. The van der Waals surface area contributed by atoms with Gasteiger partial charge in [0.15, 0.2) is 0 Å². The maximum Gasteiger partial charge on any atom is 0.224 e. The second kappa shape index (κ2) is 7.43. The zero-order valence-corrected chi connectivity index (χ0v) is 17.2. The molecule has 1 fully saturated rings. The summed E-state index contributed by atoms with van der Waals surface area (Å²) in [4.78, 5) is 11.9. The van der Waals surface area contributed by atoms with Crippen LogP contribution in [0.25, 0.3) is 0 Å². The molecule has 2 aromatic carbocycles. The molecule has 154 valence electrons. The van der Waals surface area contributed by atoms with Crippen molar-refractivity contribution in [3.05, 3.63) is 58.4 Å². The van der Waals surface area contributed by atoms with Crippen LogP contribution in [0.2, 0.25) is 0 Å². The normalized spacial score (nSPS) is 26.6. The first-order valence-corrected chi connectivity index (χ1v) is 11.0. The van der Waals surface area contributed by atoms with Gasteiger partial charge in [0.2, 0.25) is 5.91 Å². The van der Waals surface area contributed by atoms with E-state index in [1.807, 2.05) is 12.1 Å². The quantitative estimate of drug-likeness (QED) is 0.695. The molecule has 0 radical (unpaired) electrons. The smallest absolute Gasteiger partial charge is 0.224 e. The van der Waals surface area contributed by atoms with Gasteiger partial charge >= 0.3 is 0 Å². The van der Waals surface area contributed by atoms with E-state index < -0.39 is 5.82 Å². The van der Waals surface area contributed by atoms with Crippen molar-refractivity contribution in [2.24, 2.45) is 11.8 Å². The predicted octanol–water partition coefficient (Wildman–Crippen LogP) is 5.66. The van der Waals surface area contributed by atoms with E-state index >= 15 is 0 Å². The molecule has 0 bridgehead atoms. The number of hydrogen-bond acceptors (Lipinski definition) is 3. The van der Waals surface area contributed by atoms with Gasteiger partial charge in [0.1, 0.15) is 11.9 Å². The molecule has 2 N–H and O–H groups in total. The van der Waals surface area contributed by atoms with E-state index in [1.165, 1.54) is 30.0 Å². The lowest BCUT2D eigenvalue weighted by molar-refractivity contribution is -0.116. The largest absolute Gasteiger partial charge is 0.378 e. The Kier molecular flexibility index (Phi) is 4.73. The number of nitrogens with one attached hydrogen (secondary N) is 2. The first-order chi connectivity index (χ1) is 14.6. The number of nitrogens with zero attached hydrogens (tertiary/aromatic N) is 1. The molecule has 0 aromatic heterocycles. The zero-order chi connectivity index (χ0) is 20.8. The van der Waals surface area contributed by atoms with Crippen molar-refractivity contribution in [2.45, 2.75) is 57.4 Å². The number of anilines is 2. The molecule has 30 heavy (non-hydrogen) atoms. The minimum Gasteiger partial charge on any atom is -0.378 e. The van der Waals surface area contributed by atoms with Crippen LogP contribution in [0.5, 0.6) is 0 Å². The molecule has 5 rings (SSSR count). The average molecular weight is 404 g/mol. The molecule has 1 amide bonds. The molecule has 2 aliphatic heterocycles. The number of nitriles is 1. The summed E-state index contributed by atoms with van der Waals surface area (Å²) in [6.45, 7) is 2.24. The van der Waals surface area contributed by atoms with Crippen LogP contribution < -0.4 is 10.6 Å². The zero-order valence-electron chi connectivity index (χ0n) is 17.2. The van der Waals surface area contributed by atoms with Gasteiger partial charge in [0, 0.05) is 17.8 Å². The summed E-state index contributed by atoms with van der Waals surface area (Å²) in [5.74, 6) is 1.10. The van der Waals surface area contributed by atoms with Gasteiger partial charge in [-0.15, -0.1) is 0 Å². The summed E-state index contributed by atoms with van der Waals surface area (Å²) >= 11 is 0. The number of benzene rings is 2. The summed E-state index contributed by atoms with van der Waals surface area (Å²) < 4.78 is 13.9. The Balaban J connectivity index is 1.61. The molecule has 1 unspecified atom stereocenters. The van der Waals surface area contributed by atoms with Gasteiger partial charge in [0.25, 0.3) is 0 Å². The highest BCUT2D eigenvalue weighted by atomic mass is 19.1. The highest BCUT2D eigenvalue weighted by molar-refractivity contribution is 5.95. The molecule has 1 saturated carbocycles. The summed E-state index contributed by atoms with van der Waals surface area (Å²) in [6.07, 6.45) is 6.02. The molecule has 0 spiro atoms. The average Bonchev–Trinajstić information content (AvgIpc) is 3.16. The Bertz CT molecular complexity index is 1060. The lowest BCUT2D eigenvalue weighted by Gasteiger charge is -2.40. The highest BCUT2D eigenvalue weighted by Crippen LogP contribution is 2.57. The number of fused-ring (bicyclic) bond motifs is 4. The van der Waals surface area contributed by atoms with E-state index in [0.717, 1.165) is 36.2 Å². The van der Waals surface area contributed by atoms with E-state index in [0.29, 0.717) is 24.2 Å². The van der Waals surface area contributed by atoms with Crippen LogP contribution in [0.3, 0.4) is 0 Å². The summed E-state index contributed by atoms with van der Waals surface area (Å²) in [7, 11) is 0. The second-order valence-electron chi connectivity index (χ2n) is 8.93. The van der Waals surface area contributed by atoms with Crippen LogP contribution in [-0.4, -0.2) is 5.91 Å². The van der Waals surface area contributed by atoms with Gasteiger partial charge in [-0.2, -0.15) is 5.26 Å². The maximum absolute atomic E-state index is 13.9. The highest BCUT2D eigenvalue weighted by Gasteiger charge is 2.45. The van der Waals surface area contributed by atoms with E-state index in [4.69, 9.17) is 0 Å². The topological polar surface area (TPSA) is 64.9 Å². The number of hydrogen-bond donors (Lipinski definition) is 2. The predicted molar refractivity (Wildman–Crippen MR) is 115 cm³/mol. The third-order valence-electron chi connectivity index (χ3n) is 7.24. The van der Waals surface area contributed by atoms with Crippen LogP contribution >= 0.6 is 0 Å². The van der Waals surface area contributed by atoms with E-state index in [-0.39, 0.29) is 17.5 Å². The van der Waals surface area contributed by atoms with Crippen molar-refractivity contribution in [1.82, 2.24) is 0 Å². The number of halogens is 1. The number of carbonyl (C=O) groups is 1. The van der Waals surface area contributed by atoms with Crippen molar-refractivity contribution in [1.29, 1.82) is 5.26 Å². The number of aryl methyl sites for hydroxylation is 1. The molecule has 2 heterocycles. The van der Waals surface area contributed by atoms with E-state index in [2.05, 4.69) is 29.7 Å². The van der Waals surface area contributed by atoms with Gasteiger partial charge in [-0.05, 0) is 71.9 Å². The minimum atomic E-state index is -0.471. The van der Waals surface area contributed by atoms with E-state index in [1.54, 1.807) is 6.07 Å². The molecule has 5 heteroatoms. The van der Waals surface area contributed by atoms with Crippen molar-refractivity contribution in [3.63, 3.8) is 0 Å². The Hall–Kier alpha value is -2.87. The van der Waals surface area contributed by atoms with Crippen LogP contribution in [0.4, 0.5) is 15.8 Å². The fourth-order valence-corrected chi connectivity index (χ4v) is 5.94. The summed E-state index contributed by atoms with van der Waals surface area (Å²) in [5, 5.41) is 16.0. The summed E-state index contributed by atoms with van der Waals surface area (Å²) in [5.41, 5.74) is 5.61. The first-order valence-electron chi connectivity index (χ1n) is 11.0. The maximum atomic E-state index is 13.9. The van der Waals surface area contributed by atoms with Crippen molar-refractivity contribution >= 4 is 17.3 Å². The third-order valence-corrected chi connectivity index (χ3v) is 7.24. The van der Waals surface area contributed by atoms with Gasteiger partial charge in [-0.1, -0.05) is 31.9 Å². The second-order valence-corrected chi connectivity index (χ2v) is 8.93. The molecule has 1 aliphatic carbocycles. The monoisotopic (exact) mass is 403 g/mol. The van der Waals surface area contributed by atoms with Crippen LogP contribution in [0.15, 0.2) is 30.3 Å². The molecular weight excluding hydrogens is 377 g/mol. The van der Waals surface area contributed by atoms with Crippen molar-refractivity contribution < 1.29 is 9.18 Å². The Morgan fingerprint density at radius 2 is 2.03 bits per heavy atom. The Labute approximate surface area is 176 Å². The minimum absolute atomic E-state index is 0.0365. The van der Waals surface area contributed by atoms with Crippen molar-refractivity contribution in [3.8, 4) is 6.07 Å². The SMILES string of the molecule is CCCC1CC[C@H]2[C@H](c3ccc(F)c(C#N)c3)Nc3cc4c(cc3[C@@H]12)CCC(=O)N4. The molecule has 3 aliphatic rings. The molecule has 4 nitrogen and oxygen atoms in total. The van der Waals surface area contributed by atoms with Gasteiger partial charge in [-0.25, -0.2) is 4.39 Å². The van der Waals surface area contributed by atoms with Gasteiger partial charge < -0.3 is 10.6 Å². The first kappa shape index (κ1) is 19.1. The molecule has 2 aromatic rings. The molecular formula is C25H26FN3O. The Morgan fingerprint density at radius 1 is 1.17 bits per heavy atom. The van der Waals surface area contributed by atoms with Crippen molar-refractivity contribution in [2.75, 3.05) is 10.6 Å².